The van der Waals surface area contributed by atoms with Gasteiger partial charge in [-0.1, -0.05) is 12.1 Å². The standard InChI is InChI=1S/C22H23N3O3S/c1-15-4-2-9-23-19(15)20(18-5-3-13-29-18)24-21(26)16-6-10-25(11-7-16)22(27)17-8-12-28-14-17/h2-5,8-9,12-14,16,20H,6-7,10-11H2,1H3,(H,24,26). The summed E-state index contributed by atoms with van der Waals surface area (Å²) in [6, 6.07) is 9.33. The van der Waals surface area contributed by atoms with Gasteiger partial charge in [0.1, 0.15) is 12.3 Å². The number of rotatable bonds is 5. The second-order valence-electron chi connectivity index (χ2n) is 7.24. The number of aromatic nitrogens is 1. The van der Waals surface area contributed by atoms with Crippen molar-refractivity contribution in [2.75, 3.05) is 13.1 Å². The van der Waals surface area contributed by atoms with Crippen molar-refractivity contribution >= 4 is 23.2 Å². The number of nitrogens with zero attached hydrogens (tertiary/aromatic N) is 2. The van der Waals surface area contributed by atoms with Gasteiger partial charge in [-0.25, -0.2) is 0 Å². The smallest absolute Gasteiger partial charge is 0.257 e. The first-order valence-electron chi connectivity index (χ1n) is 9.70. The number of aryl methyl sites for hydroxylation is 1. The lowest BCUT2D eigenvalue weighted by Crippen LogP contribution is -2.43. The molecule has 150 valence electrons. The average Bonchev–Trinajstić information content (AvgIpc) is 3.46. The fraction of sp³-hybridized carbons (Fsp3) is 0.318. The summed E-state index contributed by atoms with van der Waals surface area (Å²) in [5, 5.41) is 5.22. The maximum atomic E-state index is 13.0. The summed E-state index contributed by atoms with van der Waals surface area (Å²) >= 11 is 1.61. The first-order valence-corrected chi connectivity index (χ1v) is 10.6. The Morgan fingerprint density at radius 2 is 2.07 bits per heavy atom. The third kappa shape index (κ3) is 4.24. The number of hydrogen-bond acceptors (Lipinski definition) is 5. The minimum absolute atomic E-state index is 0.0175. The summed E-state index contributed by atoms with van der Waals surface area (Å²) in [6.45, 7) is 3.14. The molecule has 6 nitrogen and oxygen atoms in total. The topological polar surface area (TPSA) is 75.4 Å². The van der Waals surface area contributed by atoms with Gasteiger partial charge in [0.2, 0.25) is 5.91 Å². The Balaban J connectivity index is 1.43. The highest BCUT2D eigenvalue weighted by Crippen LogP contribution is 2.28. The van der Waals surface area contributed by atoms with Crippen LogP contribution >= 0.6 is 11.3 Å². The highest BCUT2D eigenvalue weighted by Gasteiger charge is 2.30. The number of amides is 2. The number of nitrogens with one attached hydrogen (secondary N) is 1. The summed E-state index contributed by atoms with van der Waals surface area (Å²) in [5.74, 6) is -0.142. The quantitative estimate of drug-likeness (QED) is 0.695. The van der Waals surface area contributed by atoms with Gasteiger partial charge in [-0.2, -0.15) is 0 Å². The summed E-state index contributed by atoms with van der Waals surface area (Å²) in [4.78, 5) is 32.9. The van der Waals surface area contributed by atoms with Gasteiger partial charge in [0.25, 0.3) is 5.91 Å². The molecule has 1 atom stereocenters. The average molecular weight is 410 g/mol. The maximum Gasteiger partial charge on any atom is 0.257 e. The number of furan rings is 1. The Labute approximate surface area is 173 Å². The molecule has 0 spiro atoms. The highest BCUT2D eigenvalue weighted by molar-refractivity contribution is 7.10. The van der Waals surface area contributed by atoms with Crippen molar-refractivity contribution in [3.05, 3.63) is 76.1 Å². The lowest BCUT2D eigenvalue weighted by Gasteiger charge is -2.32. The van der Waals surface area contributed by atoms with E-state index in [1.807, 2.05) is 36.6 Å². The van der Waals surface area contributed by atoms with E-state index in [0.29, 0.717) is 31.5 Å². The molecule has 0 saturated carbocycles. The van der Waals surface area contributed by atoms with Crippen LogP contribution in [0.15, 0.2) is 58.9 Å². The van der Waals surface area contributed by atoms with Crippen molar-refractivity contribution in [3.63, 3.8) is 0 Å². The molecular formula is C22H23N3O3S. The van der Waals surface area contributed by atoms with Crippen LogP contribution in [0, 0.1) is 12.8 Å². The van der Waals surface area contributed by atoms with Crippen molar-refractivity contribution in [2.45, 2.75) is 25.8 Å². The number of hydrogen-bond donors (Lipinski definition) is 1. The summed E-state index contributed by atoms with van der Waals surface area (Å²) in [5.41, 5.74) is 2.47. The van der Waals surface area contributed by atoms with Gasteiger partial charge >= 0.3 is 0 Å². The number of carbonyl (C=O) groups excluding carboxylic acids is 2. The monoisotopic (exact) mass is 409 g/mol. The predicted molar refractivity (Wildman–Crippen MR) is 111 cm³/mol. The zero-order chi connectivity index (χ0) is 20.2. The molecule has 3 aromatic heterocycles. The molecular weight excluding hydrogens is 386 g/mol. The lowest BCUT2D eigenvalue weighted by atomic mass is 9.94. The van der Waals surface area contributed by atoms with Crippen molar-refractivity contribution < 1.29 is 14.0 Å². The second-order valence-corrected chi connectivity index (χ2v) is 8.22. The second kappa shape index (κ2) is 8.61. The van der Waals surface area contributed by atoms with E-state index in [-0.39, 0.29) is 23.8 Å². The molecule has 1 N–H and O–H groups in total. The van der Waals surface area contributed by atoms with Crippen LogP contribution in [0.5, 0.6) is 0 Å². The molecule has 4 heterocycles. The molecule has 0 bridgehead atoms. The van der Waals surface area contributed by atoms with E-state index in [2.05, 4.69) is 10.3 Å². The van der Waals surface area contributed by atoms with E-state index in [4.69, 9.17) is 4.42 Å². The van der Waals surface area contributed by atoms with Crippen molar-refractivity contribution in [1.82, 2.24) is 15.2 Å². The lowest BCUT2D eigenvalue weighted by molar-refractivity contribution is -0.126. The molecule has 1 aliphatic rings. The van der Waals surface area contributed by atoms with Gasteiger partial charge in [-0.15, -0.1) is 11.3 Å². The Morgan fingerprint density at radius 1 is 1.24 bits per heavy atom. The largest absolute Gasteiger partial charge is 0.472 e. The van der Waals surface area contributed by atoms with E-state index in [1.54, 1.807) is 28.5 Å². The zero-order valence-electron chi connectivity index (χ0n) is 16.2. The number of pyridine rings is 1. The van der Waals surface area contributed by atoms with Crippen molar-refractivity contribution in [3.8, 4) is 0 Å². The number of likely N-dealkylation sites (tertiary alicyclic amines) is 1. The number of carbonyl (C=O) groups is 2. The Kier molecular flexibility index (Phi) is 5.76. The van der Waals surface area contributed by atoms with Crippen LogP contribution in [-0.2, 0) is 4.79 Å². The van der Waals surface area contributed by atoms with Gasteiger partial charge in [-0.05, 0) is 48.9 Å². The molecule has 1 fully saturated rings. The van der Waals surface area contributed by atoms with E-state index >= 15 is 0 Å². The van der Waals surface area contributed by atoms with Gasteiger partial charge in [-0.3, -0.25) is 14.6 Å². The fourth-order valence-corrected chi connectivity index (χ4v) is 4.48. The normalized spacial score (nSPS) is 15.8. The van der Waals surface area contributed by atoms with E-state index in [1.165, 1.54) is 12.5 Å². The molecule has 29 heavy (non-hydrogen) atoms. The fourth-order valence-electron chi connectivity index (χ4n) is 3.70. The van der Waals surface area contributed by atoms with Crippen LogP contribution in [0.4, 0.5) is 0 Å². The minimum Gasteiger partial charge on any atom is -0.472 e. The summed E-state index contributed by atoms with van der Waals surface area (Å²) in [7, 11) is 0. The van der Waals surface area contributed by atoms with Crippen LogP contribution in [0.1, 0.15) is 45.4 Å². The van der Waals surface area contributed by atoms with Crippen molar-refractivity contribution in [1.29, 1.82) is 0 Å². The van der Waals surface area contributed by atoms with Crippen molar-refractivity contribution in [2.24, 2.45) is 5.92 Å². The molecule has 0 radical (unpaired) electrons. The van der Waals surface area contributed by atoms with E-state index in [0.717, 1.165) is 16.1 Å². The third-order valence-corrected chi connectivity index (χ3v) is 6.30. The summed E-state index contributed by atoms with van der Waals surface area (Å²) < 4.78 is 5.00. The molecule has 2 amide bonds. The predicted octanol–water partition coefficient (Wildman–Crippen LogP) is 3.80. The van der Waals surface area contributed by atoms with Crippen LogP contribution < -0.4 is 5.32 Å². The Hall–Kier alpha value is -2.93. The third-order valence-electron chi connectivity index (χ3n) is 5.36. The molecule has 0 aliphatic carbocycles. The van der Waals surface area contributed by atoms with Crippen LogP contribution in [0.2, 0.25) is 0 Å². The maximum absolute atomic E-state index is 13.0. The SMILES string of the molecule is Cc1cccnc1C(NC(=O)C1CCN(C(=O)c2ccoc2)CC1)c1cccs1. The number of piperidine rings is 1. The van der Waals surface area contributed by atoms with Gasteiger partial charge < -0.3 is 14.6 Å². The van der Waals surface area contributed by atoms with Gasteiger partial charge in [0.05, 0.1) is 17.5 Å². The molecule has 1 saturated heterocycles. The van der Waals surface area contributed by atoms with E-state index in [9.17, 15) is 9.59 Å². The van der Waals surface area contributed by atoms with Gasteiger partial charge in [0, 0.05) is 30.1 Å². The molecule has 4 rings (SSSR count). The molecule has 0 aromatic carbocycles. The van der Waals surface area contributed by atoms with Crippen LogP contribution in [0.25, 0.3) is 0 Å². The molecule has 1 aliphatic heterocycles. The van der Waals surface area contributed by atoms with Crippen LogP contribution in [0.3, 0.4) is 0 Å². The Morgan fingerprint density at radius 3 is 2.72 bits per heavy atom. The minimum atomic E-state index is -0.255. The molecule has 1 unspecified atom stereocenters. The first-order chi connectivity index (χ1) is 14.1. The van der Waals surface area contributed by atoms with Crippen LogP contribution in [-0.4, -0.2) is 34.8 Å². The molecule has 3 aromatic rings. The Bertz CT molecular complexity index is 961. The van der Waals surface area contributed by atoms with Gasteiger partial charge in [0.15, 0.2) is 0 Å². The zero-order valence-corrected chi connectivity index (χ0v) is 17.0. The number of thiophene rings is 1. The first kappa shape index (κ1) is 19.4. The highest BCUT2D eigenvalue weighted by atomic mass is 32.1. The van der Waals surface area contributed by atoms with E-state index < -0.39 is 0 Å². The summed E-state index contributed by atoms with van der Waals surface area (Å²) in [6.07, 6.45) is 6.01. The molecule has 7 heteroatoms.